The second kappa shape index (κ2) is 43.9. The van der Waals surface area contributed by atoms with Gasteiger partial charge in [0.05, 0.1) is 19.8 Å². The number of carbonyl (C=O) groups excluding carboxylic acids is 1. The maximum atomic E-state index is 12.8. The van der Waals surface area contributed by atoms with Gasteiger partial charge in [0.1, 0.15) is 30.5 Å². The number of rotatable bonds is 45. The molecule has 0 aromatic rings. The summed E-state index contributed by atoms with van der Waals surface area (Å²) in [5.41, 5.74) is 0. The van der Waals surface area contributed by atoms with E-state index in [0.29, 0.717) is 13.0 Å². The topological polar surface area (TPSA) is 135 Å². The van der Waals surface area contributed by atoms with Crippen molar-refractivity contribution in [3.63, 3.8) is 0 Å². The van der Waals surface area contributed by atoms with Gasteiger partial charge >= 0.3 is 5.97 Å². The van der Waals surface area contributed by atoms with Gasteiger partial charge in [0.2, 0.25) is 0 Å². The summed E-state index contributed by atoms with van der Waals surface area (Å²) in [7, 11) is 0. The third-order valence-corrected chi connectivity index (χ3v) is 12.1. The first-order valence-electron chi connectivity index (χ1n) is 25.9. The van der Waals surface area contributed by atoms with E-state index in [0.717, 1.165) is 38.5 Å². The van der Waals surface area contributed by atoms with Gasteiger partial charge in [-0.2, -0.15) is 0 Å². The van der Waals surface area contributed by atoms with Crippen LogP contribution < -0.4 is 0 Å². The number of hydrogen-bond donors (Lipinski definition) is 4. The molecule has 1 heterocycles. The van der Waals surface area contributed by atoms with Crippen LogP contribution in [0.15, 0.2) is 24.3 Å². The summed E-state index contributed by atoms with van der Waals surface area (Å²) in [5.74, 6) is -0.311. The van der Waals surface area contributed by atoms with Crippen LogP contribution in [0.25, 0.3) is 0 Å². The average Bonchev–Trinajstić information content (AvgIpc) is 3.26. The molecular weight excluding hydrogens is 769 g/mol. The van der Waals surface area contributed by atoms with Crippen LogP contribution in [0.2, 0.25) is 0 Å². The highest BCUT2D eigenvalue weighted by Crippen LogP contribution is 2.23. The SMILES string of the molecule is CCCCCCC/C=C\C/C=C\CCCCCCCCCCCCCCCCOCC(COC1OC(CO)C(O)C(O)C1O)OC(=O)CCCCCCCCCCCCCC. The molecule has 1 fully saturated rings. The van der Waals surface area contributed by atoms with E-state index >= 15 is 0 Å². The number of esters is 1. The average molecular weight is 867 g/mol. The lowest BCUT2D eigenvalue weighted by Gasteiger charge is -2.39. The zero-order valence-electron chi connectivity index (χ0n) is 39.7. The Hall–Kier alpha value is -1.33. The number of ether oxygens (including phenoxy) is 4. The highest BCUT2D eigenvalue weighted by atomic mass is 16.7. The van der Waals surface area contributed by atoms with Gasteiger partial charge in [-0.05, 0) is 44.9 Å². The molecule has 1 aliphatic rings. The summed E-state index contributed by atoms with van der Waals surface area (Å²) in [6.45, 7) is 4.58. The molecule has 61 heavy (non-hydrogen) atoms. The molecule has 6 atom stereocenters. The molecule has 9 heteroatoms. The normalized spacial score (nSPS) is 20.0. The molecule has 360 valence electrons. The number of unbranched alkanes of at least 4 members (excludes halogenated alkanes) is 30. The van der Waals surface area contributed by atoms with Gasteiger partial charge in [0.25, 0.3) is 0 Å². The minimum atomic E-state index is -1.53. The Morgan fingerprint density at radius 3 is 1.41 bits per heavy atom. The number of carbonyl (C=O) groups is 1. The maximum absolute atomic E-state index is 12.8. The molecule has 6 unspecified atom stereocenters. The van der Waals surface area contributed by atoms with Gasteiger partial charge in [-0.1, -0.05) is 212 Å². The van der Waals surface area contributed by atoms with Crippen LogP contribution in [0.4, 0.5) is 0 Å². The van der Waals surface area contributed by atoms with Gasteiger partial charge in [0, 0.05) is 13.0 Å². The van der Waals surface area contributed by atoms with Gasteiger partial charge in [-0.15, -0.1) is 0 Å². The lowest BCUT2D eigenvalue weighted by molar-refractivity contribution is -0.305. The fourth-order valence-electron chi connectivity index (χ4n) is 8.05. The molecule has 4 N–H and O–H groups in total. The summed E-state index contributed by atoms with van der Waals surface area (Å²) in [6, 6.07) is 0. The van der Waals surface area contributed by atoms with Crippen molar-refractivity contribution in [2.75, 3.05) is 26.4 Å². The Kier molecular flexibility index (Phi) is 41.5. The summed E-state index contributed by atoms with van der Waals surface area (Å²) >= 11 is 0. The quantitative estimate of drug-likeness (QED) is 0.0268. The van der Waals surface area contributed by atoms with E-state index in [9.17, 15) is 25.2 Å². The van der Waals surface area contributed by atoms with Crippen molar-refractivity contribution in [1.82, 2.24) is 0 Å². The van der Waals surface area contributed by atoms with Gasteiger partial charge in [-0.25, -0.2) is 0 Å². The van der Waals surface area contributed by atoms with Crippen molar-refractivity contribution in [1.29, 1.82) is 0 Å². The second-order valence-electron chi connectivity index (χ2n) is 18.0. The Morgan fingerprint density at radius 2 is 0.951 bits per heavy atom. The fraction of sp³-hybridized carbons (Fsp3) is 0.904. The first-order chi connectivity index (χ1) is 29.9. The predicted molar refractivity (Wildman–Crippen MR) is 252 cm³/mol. The standard InChI is InChI=1S/C52H98O9/c1-3-5-7-9-11-13-15-17-18-19-20-21-22-23-24-25-26-27-28-29-30-32-34-36-38-40-42-58-44-46(45-59-52-51(57)50(56)49(55)47(43-53)61-52)60-48(54)41-39-37-35-33-31-16-14-12-10-8-6-4-2/h15,17,19-20,46-47,49-53,55-57H,3-14,16,18,21-45H2,1-2H3/b17-15-,20-19-. The van der Waals surface area contributed by atoms with Gasteiger partial charge < -0.3 is 39.4 Å². The Bertz CT molecular complexity index is 988. The van der Waals surface area contributed by atoms with Crippen molar-refractivity contribution >= 4 is 5.97 Å². The zero-order valence-corrected chi connectivity index (χ0v) is 39.7. The van der Waals surface area contributed by atoms with Crippen LogP contribution in [0.1, 0.15) is 239 Å². The van der Waals surface area contributed by atoms with E-state index in [2.05, 4.69) is 38.2 Å². The van der Waals surface area contributed by atoms with E-state index in [1.54, 1.807) is 0 Å². The number of aliphatic hydroxyl groups is 4. The first kappa shape index (κ1) is 57.7. The fourth-order valence-corrected chi connectivity index (χ4v) is 8.05. The highest BCUT2D eigenvalue weighted by Gasteiger charge is 2.44. The third-order valence-electron chi connectivity index (χ3n) is 12.1. The molecule has 0 amide bonds. The summed E-state index contributed by atoms with van der Waals surface area (Å²) < 4.78 is 22.9. The molecule has 9 nitrogen and oxygen atoms in total. The number of allylic oxidation sites excluding steroid dienone is 4. The Balaban J connectivity index is 2.13. The molecule has 1 rings (SSSR count). The van der Waals surface area contributed by atoms with E-state index < -0.39 is 43.4 Å². The largest absolute Gasteiger partial charge is 0.457 e. The van der Waals surface area contributed by atoms with Crippen molar-refractivity contribution in [2.24, 2.45) is 0 Å². The molecule has 0 spiro atoms. The van der Waals surface area contributed by atoms with Crippen LogP contribution in [0.5, 0.6) is 0 Å². The van der Waals surface area contributed by atoms with Gasteiger partial charge in [0.15, 0.2) is 6.29 Å². The highest BCUT2D eigenvalue weighted by molar-refractivity contribution is 5.69. The Labute approximate surface area is 375 Å². The monoisotopic (exact) mass is 867 g/mol. The Morgan fingerprint density at radius 1 is 0.525 bits per heavy atom. The van der Waals surface area contributed by atoms with E-state index in [-0.39, 0.29) is 19.2 Å². The molecule has 0 radical (unpaired) electrons. The van der Waals surface area contributed by atoms with Crippen molar-refractivity contribution in [3.8, 4) is 0 Å². The van der Waals surface area contributed by atoms with Crippen LogP contribution in [-0.2, 0) is 23.7 Å². The van der Waals surface area contributed by atoms with E-state index in [4.69, 9.17) is 18.9 Å². The smallest absolute Gasteiger partial charge is 0.306 e. The summed E-state index contributed by atoms with van der Waals surface area (Å²) in [4.78, 5) is 12.8. The van der Waals surface area contributed by atoms with E-state index in [1.165, 1.54) is 180 Å². The van der Waals surface area contributed by atoms with Crippen LogP contribution in [-0.4, -0.2) is 89.6 Å². The maximum Gasteiger partial charge on any atom is 0.306 e. The lowest BCUT2D eigenvalue weighted by atomic mass is 9.99. The molecule has 1 saturated heterocycles. The number of hydrogen-bond acceptors (Lipinski definition) is 9. The van der Waals surface area contributed by atoms with Crippen LogP contribution in [0.3, 0.4) is 0 Å². The third kappa shape index (κ3) is 34.7. The van der Waals surface area contributed by atoms with Crippen molar-refractivity contribution in [3.05, 3.63) is 24.3 Å². The van der Waals surface area contributed by atoms with Crippen molar-refractivity contribution in [2.45, 2.75) is 275 Å². The molecule has 0 aliphatic carbocycles. The summed E-state index contributed by atoms with van der Waals surface area (Å²) in [6.07, 6.45) is 45.1. The molecular formula is C52H98O9. The minimum Gasteiger partial charge on any atom is -0.457 e. The molecule has 0 aromatic heterocycles. The van der Waals surface area contributed by atoms with Gasteiger partial charge in [-0.3, -0.25) is 4.79 Å². The van der Waals surface area contributed by atoms with Crippen LogP contribution in [0, 0.1) is 0 Å². The second-order valence-corrected chi connectivity index (χ2v) is 18.0. The number of aliphatic hydroxyl groups excluding tert-OH is 4. The summed E-state index contributed by atoms with van der Waals surface area (Å²) in [5, 5.41) is 40.2. The predicted octanol–water partition coefficient (Wildman–Crippen LogP) is 12.5. The zero-order chi connectivity index (χ0) is 44.3. The van der Waals surface area contributed by atoms with E-state index in [1.807, 2.05) is 0 Å². The lowest BCUT2D eigenvalue weighted by Crippen LogP contribution is -2.59. The van der Waals surface area contributed by atoms with Crippen molar-refractivity contribution < 1.29 is 44.2 Å². The first-order valence-corrected chi connectivity index (χ1v) is 25.9. The molecule has 0 bridgehead atoms. The molecule has 0 saturated carbocycles. The molecule has 0 aromatic carbocycles. The molecule has 1 aliphatic heterocycles. The minimum absolute atomic E-state index is 0.109. The van der Waals surface area contributed by atoms with Crippen LogP contribution >= 0.6 is 0 Å².